The molecule has 0 aromatic carbocycles. The normalized spacial score (nSPS) is 19.7. The fraction of sp³-hybridized carbons (Fsp3) is 0.688. The summed E-state index contributed by atoms with van der Waals surface area (Å²) in [4.78, 5) is 6.92. The molecule has 0 spiro atoms. The number of nitrogens with one attached hydrogen (secondary N) is 1. The van der Waals surface area contributed by atoms with Gasteiger partial charge in [0, 0.05) is 42.8 Å². The largest absolute Gasteiger partial charge is 0.368 e. The molecule has 106 valence electrons. The molecule has 0 bridgehead atoms. The number of anilines is 1. The summed E-state index contributed by atoms with van der Waals surface area (Å²) in [5, 5.41) is 3.42. The zero-order chi connectivity index (χ0) is 13.5. The van der Waals surface area contributed by atoms with Crippen LogP contribution in [0.1, 0.15) is 51.5 Å². The fourth-order valence-electron chi connectivity index (χ4n) is 3.05. The quantitative estimate of drug-likeness (QED) is 0.851. The lowest BCUT2D eigenvalue weighted by Crippen LogP contribution is -2.40. The van der Waals surface area contributed by atoms with Gasteiger partial charge in [-0.1, -0.05) is 20.3 Å². The molecule has 0 radical (unpaired) electrons. The van der Waals surface area contributed by atoms with Gasteiger partial charge in [-0.3, -0.25) is 4.98 Å². The highest BCUT2D eigenvalue weighted by Crippen LogP contribution is 2.29. The Kier molecular flexibility index (Phi) is 5.64. The maximum Gasteiger partial charge on any atom is 0.0445 e. The van der Waals surface area contributed by atoms with E-state index in [1.807, 2.05) is 12.4 Å². The molecule has 1 aliphatic rings. The average molecular weight is 261 g/mol. The van der Waals surface area contributed by atoms with Gasteiger partial charge in [-0.25, -0.2) is 0 Å². The molecule has 19 heavy (non-hydrogen) atoms. The number of nitrogens with zero attached hydrogens (tertiary/aromatic N) is 2. The Balaban J connectivity index is 2.17. The third-order valence-corrected chi connectivity index (χ3v) is 4.00. The minimum Gasteiger partial charge on any atom is -0.368 e. The smallest absolute Gasteiger partial charge is 0.0445 e. The number of aromatic nitrogens is 1. The van der Waals surface area contributed by atoms with E-state index in [0.29, 0.717) is 0 Å². The van der Waals surface area contributed by atoms with E-state index in [9.17, 15) is 0 Å². The number of piperidine rings is 1. The number of rotatable bonds is 6. The van der Waals surface area contributed by atoms with Gasteiger partial charge in [0.15, 0.2) is 0 Å². The van der Waals surface area contributed by atoms with Gasteiger partial charge in [-0.05, 0) is 38.3 Å². The van der Waals surface area contributed by atoms with Gasteiger partial charge < -0.3 is 10.2 Å². The Hall–Kier alpha value is -1.09. The zero-order valence-electron chi connectivity index (χ0n) is 12.4. The fourth-order valence-corrected chi connectivity index (χ4v) is 3.05. The van der Waals surface area contributed by atoms with Crippen LogP contribution >= 0.6 is 0 Å². The lowest BCUT2D eigenvalue weighted by Gasteiger charge is -2.38. The molecule has 1 aromatic rings. The predicted octanol–water partition coefficient (Wildman–Crippen LogP) is 3.35. The Labute approximate surface area is 117 Å². The van der Waals surface area contributed by atoms with E-state index >= 15 is 0 Å². The van der Waals surface area contributed by atoms with Gasteiger partial charge in [0.25, 0.3) is 0 Å². The average Bonchev–Trinajstić information content (AvgIpc) is 2.46. The second kappa shape index (κ2) is 7.49. The SMILES string of the molecule is CCCC1CCCCN1c1ccncc1CNCC. The van der Waals surface area contributed by atoms with Gasteiger partial charge in [-0.2, -0.15) is 0 Å². The van der Waals surface area contributed by atoms with Crippen molar-refractivity contribution in [1.82, 2.24) is 10.3 Å². The molecule has 0 saturated carbocycles. The highest BCUT2D eigenvalue weighted by molar-refractivity contribution is 5.53. The van der Waals surface area contributed by atoms with Crippen LogP contribution in [-0.4, -0.2) is 24.1 Å². The van der Waals surface area contributed by atoms with Crippen LogP contribution in [0.5, 0.6) is 0 Å². The van der Waals surface area contributed by atoms with Crippen LogP contribution in [0.15, 0.2) is 18.5 Å². The Morgan fingerprint density at radius 1 is 1.37 bits per heavy atom. The summed E-state index contributed by atoms with van der Waals surface area (Å²) in [6, 6.07) is 2.92. The van der Waals surface area contributed by atoms with Crippen molar-refractivity contribution in [2.24, 2.45) is 0 Å². The summed E-state index contributed by atoms with van der Waals surface area (Å²) in [5.74, 6) is 0. The second-order valence-corrected chi connectivity index (χ2v) is 5.42. The predicted molar refractivity (Wildman–Crippen MR) is 81.5 cm³/mol. The van der Waals surface area contributed by atoms with E-state index in [2.05, 4.69) is 35.1 Å². The van der Waals surface area contributed by atoms with Crippen molar-refractivity contribution in [2.45, 2.75) is 58.5 Å². The summed E-state index contributed by atoms with van der Waals surface area (Å²) < 4.78 is 0. The van der Waals surface area contributed by atoms with Gasteiger partial charge >= 0.3 is 0 Å². The molecule has 1 aliphatic heterocycles. The molecule has 3 nitrogen and oxygen atoms in total. The monoisotopic (exact) mass is 261 g/mol. The van der Waals surface area contributed by atoms with Crippen LogP contribution in [0.25, 0.3) is 0 Å². The maximum atomic E-state index is 4.30. The first-order valence-corrected chi connectivity index (χ1v) is 7.77. The van der Waals surface area contributed by atoms with Crippen LogP contribution < -0.4 is 10.2 Å². The Morgan fingerprint density at radius 3 is 3.05 bits per heavy atom. The van der Waals surface area contributed by atoms with E-state index in [4.69, 9.17) is 0 Å². The van der Waals surface area contributed by atoms with Crippen molar-refractivity contribution in [1.29, 1.82) is 0 Å². The molecule has 1 unspecified atom stereocenters. The number of hydrogen-bond donors (Lipinski definition) is 1. The highest BCUT2D eigenvalue weighted by atomic mass is 15.2. The molecule has 1 aromatic heterocycles. The van der Waals surface area contributed by atoms with Gasteiger partial charge in [0.05, 0.1) is 0 Å². The summed E-state index contributed by atoms with van der Waals surface area (Å²) in [7, 11) is 0. The highest BCUT2D eigenvalue weighted by Gasteiger charge is 2.23. The molecule has 1 N–H and O–H groups in total. The van der Waals surface area contributed by atoms with Crippen molar-refractivity contribution in [3.8, 4) is 0 Å². The lowest BCUT2D eigenvalue weighted by molar-refractivity contribution is 0.433. The van der Waals surface area contributed by atoms with Crippen molar-refractivity contribution < 1.29 is 0 Å². The molecule has 2 heterocycles. The molecule has 1 fully saturated rings. The summed E-state index contributed by atoms with van der Waals surface area (Å²) in [5.41, 5.74) is 2.74. The number of pyridine rings is 1. The summed E-state index contributed by atoms with van der Waals surface area (Å²) in [6.07, 6.45) is 10.6. The van der Waals surface area contributed by atoms with Crippen molar-refractivity contribution in [3.63, 3.8) is 0 Å². The van der Waals surface area contributed by atoms with Crippen molar-refractivity contribution in [2.75, 3.05) is 18.0 Å². The minimum absolute atomic E-state index is 0.724. The minimum atomic E-state index is 0.724. The van der Waals surface area contributed by atoms with Gasteiger partial charge in [-0.15, -0.1) is 0 Å². The molecule has 2 rings (SSSR count). The first-order valence-electron chi connectivity index (χ1n) is 7.77. The third-order valence-electron chi connectivity index (χ3n) is 4.00. The van der Waals surface area contributed by atoms with Crippen LogP contribution in [0, 0.1) is 0 Å². The van der Waals surface area contributed by atoms with E-state index in [1.165, 1.54) is 49.9 Å². The van der Waals surface area contributed by atoms with Crippen LogP contribution in [0.2, 0.25) is 0 Å². The van der Waals surface area contributed by atoms with Crippen molar-refractivity contribution in [3.05, 3.63) is 24.0 Å². The molecule has 1 saturated heterocycles. The maximum absolute atomic E-state index is 4.30. The first kappa shape index (κ1) is 14.3. The van der Waals surface area contributed by atoms with Gasteiger partial charge in [0.1, 0.15) is 0 Å². The molecule has 0 amide bonds. The molecular formula is C16H27N3. The molecule has 1 atom stereocenters. The Morgan fingerprint density at radius 2 is 2.26 bits per heavy atom. The Bertz CT molecular complexity index is 376. The number of hydrogen-bond acceptors (Lipinski definition) is 3. The van der Waals surface area contributed by atoms with Crippen LogP contribution in [0.4, 0.5) is 5.69 Å². The van der Waals surface area contributed by atoms with E-state index in [1.54, 1.807) is 0 Å². The first-order chi connectivity index (χ1) is 9.36. The topological polar surface area (TPSA) is 28.2 Å². The molecular weight excluding hydrogens is 234 g/mol. The zero-order valence-corrected chi connectivity index (χ0v) is 12.4. The van der Waals surface area contributed by atoms with Crippen molar-refractivity contribution >= 4 is 5.69 Å². The molecule has 3 heteroatoms. The van der Waals surface area contributed by atoms with E-state index in [-0.39, 0.29) is 0 Å². The van der Waals surface area contributed by atoms with E-state index < -0.39 is 0 Å². The summed E-state index contributed by atoms with van der Waals surface area (Å²) in [6.45, 7) is 7.57. The van der Waals surface area contributed by atoms with Crippen LogP contribution in [0.3, 0.4) is 0 Å². The van der Waals surface area contributed by atoms with Gasteiger partial charge in [0.2, 0.25) is 0 Å². The molecule has 0 aliphatic carbocycles. The third kappa shape index (κ3) is 3.69. The van der Waals surface area contributed by atoms with Crippen LogP contribution in [-0.2, 0) is 6.54 Å². The summed E-state index contributed by atoms with van der Waals surface area (Å²) >= 11 is 0. The van der Waals surface area contributed by atoms with E-state index in [0.717, 1.165) is 19.1 Å². The lowest BCUT2D eigenvalue weighted by atomic mass is 9.97. The second-order valence-electron chi connectivity index (χ2n) is 5.42. The standard InChI is InChI=1S/C16H27N3/c1-3-7-15-8-5-6-11-19(15)16-9-10-18-13-14(16)12-17-4-2/h9-10,13,15,17H,3-8,11-12H2,1-2H3.